The molecule has 194 valence electrons. The Morgan fingerprint density at radius 3 is 1.70 bits per heavy atom. The molecule has 0 bridgehead atoms. The maximum Gasteiger partial charge on any atom is 0.187 e. The summed E-state index contributed by atoms with van der Waals surface area (Å²) in [6, 6.07) is -2.86. The summed E-state index contributed by atoms with van der Waals surface area (Å²) in [5.74, 6) is 0. The van der Waals surface area contributed by atoms with Gasteiger partial charge in [0.2, 0.25) is 0 Å². The molecule has 3 fully saturated rings. The molecule has 1 aliphatic carbocycles. The highest BCUT2D eigenvalue weighted by atomic mass is 16.7. The number of hydrogen-bond donors (Lipinski definition) is 11. The number of rotatable bonds is 6. The van der Waals surface area contributed by atoms with Crippen LogP contribution in [0.4, 0.5) is 0 Å². The topological polar surface area (TPSA) is 283 Å². The molecule has 33 heavy (non-hydrogen) atoms. The molecule has 15 atom stereocenters. The van der Waals surface area contributed by atoms with Crippen LogP contribution in [0.1, 0.15) is 6.42 Å². The van der Waals surface area contributed by atoms with Gasteiger partial charge in [-0.1, -0.05) is 0 Å². The fraction of sp³-hybridized carbons (Fsp3) is 1.00. The Morgan fingerprint density at radius 2 is 1.18 bits per heavy atom. The van der Waals surface area contributed by atoms with Crippen LogP contribution in [0, 0.1) is 0 Å². The van der Waals surface area contributed by atoms with Crippen molar-refractivity contribution in [1.82, 2.24) is 0 Å². The van der Waals surface area contributed by atoms with Crippen LogP contribution in [0.15, 0.2) is 0 Å². The lowest BCUT2D eigenvalue weighted by Crippen LogP contribution is -2.68. The first-order valence-electron chi connectivity index (χ1n) is 10.8. The van der Waals surface area contributed by atoms with Crippen molar-refractivity contribution < 1.29 is 54.7 Å². The molecule has 15 heteroatoms. The molecule has 0 spiro atoms. The maximum absolute atomic E-state index is 10.9. The zero-order valence-corrected chi connectivity index (χ0v) is 17.9. The molecule has 0 aromatic rings. The van der Waals surface area contributed by atoms with Gasteiger partial charge in [0.15, 0.2) is 12.6 Å². The summed E-state index contributed by atoms with van der Waals surface area (Å²) in [5, 5.41) is 70.9. The third-order valence-corrected chi connectivity index (χ3v) is 6.48. The van der Waals surface area contributed by atoms with Gasteiger partial charge < -0.3 is 77.6 Å². The summed E-state index contributed by atoms with van der Waals surface area (Å²) < 4.78 is 22.2. The molecule has 2 saturated heterocycles. The van der Waals surface area contributed by atoms with Gasteiger partial charge in [0, 0.05) is 18.6 Å². The van der Waals surface area contributed by atoms with Crippen LogP contribution in [0.25, 0.3) is 0 Å². The fourth-order valence-electron chi connectivity index (χ4n) is 4.40. The Hall–Kier alpha value is -0.600. The van der Waals surface area contributed by atoms with E-state index >= 15 is 0 Å². The summed E-state index contributed by atoms with van der Waals surface area (Å²) in [7, 11) is 0. The van der Waals surface area contributed by atoms with E-state index in [1.165, 1.54) is 0 Å². The van der Waals surface area contributed by atoms with E-state index in [2.05, 4.69) is 0 Å². The van der Waals surface area contributed by atoms with Crippen LogP contribution in [0.3, 0.4) is 0 Å². The number of nitrogens with two attached hydrogens (primary N) is 4. The van der Waals surface area contributed by atoms with E-state index in [0.717, 1.165) is 0 Å². The maximum atomic E-state index is 10.9. The molecule has 3 aliphatic rings. The van der Waals surface area contributed by atoms with Crippen molar-refractivity contribution >= 4 is 0 Å². The molecule has 15 nitrogen and oxygen atoms in total. The summed E-state index contributed by atoms with van der Waals surface area (Å²) in [4.78, 5) is 0. The van der Waals surface area contributed by atoms with Crippen LogP contribution in [0.5, 0.6) is 0 Å². The molecule has 3 rings (SSSR count). The van der Waals surface area contributed by atoms with Crippen molar-refractivity contribution in [2.75, 3.05) is 13.2 Å². The summed E-state index contributed by atoms with van der Waals surface area (Å²) in [6.45, 7) is -0.763. The van der Waals surface area contributed by atoms with Gasteiger partial charge >= 0.3 is 0 Å². The van der Waals surface area contributed by atoms with Crippen molar-refractivity contribution in [2.24, 2.45) is 22.9 Å². The number of aliphatic hydroxyl groups is 7. The molecule has 1 saturated carbocycles. The second-order valence-electron chi connectivity index (χ2n) is 8.79. The van der Waals surface area contributed by atoms with E-state index < -0.39 is 98.4 Å². The highest BCUT2D eigenvalue weighted by Crippen LogP contribution is 2.31. The Labute approximate surface area is 189 Å². The average molecular weight is 485 g/mol. The first kappa shape index (κ1) is 27.0. The lowest BCUT2D eigenvalue weighted by Gasteiger charge is -2.48. The van der Waals surface area contributed by atoms with Crippen molar-refractivity contribution in [3.63, 3.8) is 0 Å². The van der Waals surface area contributed by atoms with E-state index in [9.17, 15) is 35.7 Å². The quantitative estimate of drug-likeness (QED) is 0.167. The van der Waals surface area contributed by atoms with Crippen molar-refractivity contribution in [3.05, 3.63) is 0 Å². The first-order valence-corrected chi connectivity index (χ1v) is 10.8. The fourth-order valence-corrected chi connectivity index (χ4v) is 4.40. The molecule has 0 amide bonds. The molecular weight excluding hydrogens is 448 g/mol. The van der Waals surface area contributed by atoms with Gasteiger partial charge in [-0.25, -0.2) is 0 Å². The third kappa shape index (κ3) is 5.32. The van der Waals surface area contributed by atoms with Crippen molar-refractivity contribution in [3.8, 4) is 0 Å². The highest BCUT2D eigenvalue weighted by molar-refractivity contribution is 5.01. The van der Waals surface area contributed by atoms with E-state index in [1.807, 2.05) is 0 Å². The molecule has 2 heterocycles. The largest absolute Gasteiger partial charge is 0.394 e. The zero-order chi connectivity index (χ0) is 24.6. The predicted octanol–water partition coefficient (Wildman–Crippen LogP) is -7.29. The van der Waals surface area contributed by atoms with Gasteiger partial charge in [0.1, 0.15) is 61.0 Å². The second-order valence-corrected chi connectivity index (χ2v) is 8.79. The molecule has 0 aromatic carbocycles. The van der Waals surface area contributed by atoms with Crippen LogP contribution in [0.2, 0.25) is 0 Å². The Balaban J connectivity index is 1.72. The number of ether oxygens (including phenoxy) is 4. The highest BCUT2D eigenvalue weighted by Gasteiger charge is 2.51. The van der Waals surface area contributed by atoms with Gasteiger partial charge in [0.25, 0.3) is 0 Å². The van der Waals surface area contributed by atoms with Crippen LogP contribution in [-0.4, -0.2) is 141 Å². The molecule has 9 unspecified atom stereocenters. The van der Waals surface area contributed by atoms with E-state index in [4.69, 9.17) is 41.9 Å². The normalized spacial score (nSPS) is 53.7. The van der Waals surface area contributed by atoms with Gasteiger partial charge in [0.05, 0.1) is 12.6 Å². The minimum absolute atomic E-state index is 0.0849. The Kier molecular flexibility index (Phi) is 8.99. The van der Waals surface area contributed by atoms with E-state index in [1.54, 1.807) is 0 Å². The lowest BCUT2D eigenvalue weighted by atomic mass is 9.84. The number of hydrogen-bond acceptors (Lipinski definition) is 15. The summed E-state index contributed by atoms with van der Waals surface area (Å²) >= 11 is 0. The third-order valence-electron chi connectivity index (χ3n) is 6.48. The van der Waals surface area contributed by atoms with Crippen LogP contribution >= 0.6 is 0 Å². The minimum atomic E-state index is -1.66. The first-order chi connectivity index (χ1) is 15.5. The van der Waals surface area contributed by atoms with E-state index in [0.29, 0.717) is 0 Å². The lowest BCUT2D eigenvalue weighted by molar-refractivity contribution is -0.332. The van der Waals surface area contributed by atoms with Crippen molar-refractivity contribution in [2.45, 2.75) is 98.2 Å². The second kappa shape index (κ2) is 11.0. The standard InChI is InChI=1S/C18H36N4O11/c19-2-6-10(25)12(27)13(28)18(30-6)33-16-5(21)1-4(20)15(14(16)29)32-17-11(26)8(22)9(24)7(3-23)31-17/h4-18,23-29H,1-3,19-22H2/t4?,5-,6?,7+,8?,9?,10+,11+,12?,13?,14?,15-,16?,17?,18+/m1/s1. The van der Waals surface area contributed by atoms with Crippen LogP contribution in [-0.2, 0) is 18.9 Å². The van der Waals surface area contributed by atoms with Crippen LogP contribution < -0.4 is 22.9 Å². The average Bonchev–Trinajstić information content (AvgIpc) is 2.79. The van der Waals surface area contributed by atoms with Gasteiger partial charge in [-0.05, 0) is 6.42 Å². The summed E-state index contributed by atoms with van der Waals surface area (Å²) in [5.41, 5.74) is 23.5. The van der Waals surface area contributed by atoms with Crippen molar-refractivity contribution in [1.29, 1.82) is 0 Å². The number of aliphatic hydroxyl groups excluding tert-OH is 7. The SMILES string of the molecule is NCC1O[C@@H](OC2C(O)[C@H](OC3O[C@@H](CO)C(O)C(N)[C@@H]3O)C(N)C[C@H]2N)C(O)C(O)[C@H]1O. The van der Waals surface area contributed by atoms with E-state index in [-0.39, 0.29) is 13.0 Å². The van der Waals surface area contributed by atoms with Gasteiger partial charge in [-0.15, -0.1) is 0 Å². The predicted molar refractivity (Wildman–Crippen MR) is 108 cm³/mol. The zero-order valence-electron chi connectivity index (χ0n) is 17.9. The monoisotopic (exact) mass is 484 g/mol. The smallest absolute Gasteiger partial charge is 0.187 e. The molecule has 0 radical (unpaired) electrons. The van der Waals surface area contributed by atoms with Gasteiger partial charge in [-0.2, -0.15) is 0 Å². The molecule has 2 aliphatic heterocycles. The molecular formula is C18H36N4O11. The minimum Gasteiger partial charge on any atom is -0.394 e. The van der Waals surface area contributed by atoms with Gasteiger partial charge in [-0.3, -0.25) is 0 Å². The molecule has 15 N–H and O–H groups in total. The Morgan fingerprint density at radius 1 is 0.667 bits per heavy atom. The summed E-state index contributed by atoms with van der Waals surface area (Å²) in [6.07, 6.45) is -16.5. The molecule has 0 aromatic heterocycles. The Bertz CT molecular complexity index is 584.